The minimum Gasteiger partial charge on any atom is -0.459 e. The Morgan fingerprint density at radius 1 is 1.43 bits per heavy atom. The maximum Gasteiger partial charge on any atom is 0.320 e. The average molecular weight is 222 g/mol. The molecule has 0 unspecified atom stereocenters. The number of hydrogen-bond acceptors (Lipinski definition) is 3. The first kappa shape index (κ1) is 13.7. The zero-order valence-electron chi connectivity index (χ0n) is 9.13. The third-order valence-corrected chi connectivity index (χ3v) is 2.06. The third kappa shape index (κ3) is 5.45. The molecule has 1 N–H and O–H groups in total. The van der Waals surface area contributed by atoms with Crippen LogP contribution >= 0.6 is 12.4 Å². The van der Waals surface area contributed by atoms with Crippen molar-refractivity contribution in [2.45, 2.75) is 51.7 Å². The molecule has 0 heterocycles. The summed E-state index contributed by atoms with van der Waals surface area (Å²) in [4.78, 5) is 11.2. The van der Waals surface area contributed by atoms with Crippen LogP contribution in [0.5, 0.6) is 0 Å². The Balaban J connectivity index is 0.00000169. The average Bonchev–Trinajstić information content (AvgIpc) is 1.78. The molecule has 0 saturated heterocycles. The molecule has 1 fully saturated rings. The molecule has 0 amide bonds. The highest BCUT2D eigenvalue weighted by Gasteiger charge is 2.20. The molecule has 0 bridgehead atoms. The molecule has 0 radical (unpaired) electrons. The minimum atomic E-state index is -0.363. The summed E-state index contributed by atoms with van der Waals surface area (Å²) in [5.74, 6) is -0.153. The number of nitrogens with one attached hydrogen (secondary N) is 1. The zero-order valence-corrected chi connectivity index (χ0v) is 9.95. The molecule has 1 aliphatic rings. The van der Waals surface area contributed by atoms with Crippen molar-refractivity contribution in [3.05, 3.63) is 0 Å². The van der Waals surface area contributed by atoms with Crippen molar-refractivity contribution in [2.75, 3.05) is 6.54 Å². The molecule has 3 nitrogen and oxygen atoms in total. The summed E-state index contributed by atoms with van der Waals surface area (Å²) < 4.78 is 5.16. The second-order valence-electron chi connectivity index (χ2n) is 4.60. The van der Waals surface area contributed by atoms with Crippen LogP contribution in [0.25, 0.3) is 0 Å². The Labute approximate surface area is 92.0 Å². The highest BCUT2D eigenvalue weighted by Crippen LogP contribution is 2.17. The van der Waals surface area contributed by atoms with Gasteiger partial charge in [-0.1, -0.05) is 6.42 Å². The fourth-order valence-electron chi connectivity index (χ4n) is 1.22. The van der Waals surface area contributed by atoms with Crippen LogP contribution in [0.15, 0.2) is 0 Å². The SMILES string of the molecule is CC(C)(C)OC(=O)CNC1CCC1.Cl. The maximum absolute atomic E-state index is 11.2. The van der Waals surface area contributed by atoms with E-state index in [4.69, 9.17) is 4.74 Å². The van der Waals surface area contributed by atoms with Crippen molar-refractivity contribution in [1.29, 1.82) is 0 Å². The van der Waals surface area contributed by atoms with E-state index in [9.17, 15) is 4.79 Å². The quantitative estimate of drug-likeness (QED) is 0.740. The number of rotatable bonds is 3. The lowest BCUT2D eigenvalue weighted by atomic mass is 9.93. The van der Waals surface area contributed by atoms with Crippen molar-refractivity contribution in [3.63, 3.8) is 0 Å². The Hall–Kier alpha value is -0.280. The van der Waals surface area contributed by atoms with Crippen molar-refractivity contribution < 1.29 is 9.53 Å². The Morgan fingerprint density at radius 3 is 2.36 bits per heavy atom. The molecular formula is C10H20ClNO2. The Bertz CT molecular complexity index is 185. The molecule has 14 heavy (non-hydrogen) atoms. The lowest BCUT2D eigenvalue weighted by Gasteiger charge is -2.27. The summed E-state index contributed by atoms with van der Waals surface area (Å²) in [7, 11) is 0. The van der Waals surface area contributed by atoms with Crippen LogP contribution in [0, 0.1) is 0 Å². The molecule has 1 saturated carbocycles. The smallest absolute Gasteiger partial charge is 0.320 e. The van der Waals surface area contributed by atoms with Gasteiger partial charge >= 0.3 is 5.97 Å². The number of ether oxygens (including phenoxy) is 1. The standard InChI is InChI=1S/C10H19NO2.ClH/c1-10(2,3)13-9(12)7-11-8-5-4-6-8;/h8,11H,4-7H2,1-3H3;1H. The summed E-state index contributed by atoms with van der Waals surface area (Å²) in [5, 5.41) is 3.17. The largest absolute Gasteiger partial charge is 0.459 e. The molecule has 0 aromatic carbocycles. The van der Waals surface area contributed by atoms with Gasteiger partial charge in [-0.3, -0.25) is 4.79 Å². The maximum atomic E-state index is 11.2. The van der Waals surface area contributed by atoms with Crippen LogP contribution in [0.2, 0.25) is 0 Å². The summed E-state index contributed by atoms with van der Waals surface area (Å²) in [6, 6.07) is 0.549. The van der Waals surface area contributed by atoms with Crippen molar-refractivity contribution in [3.8, 4) is 0 Å². The van der Waals surface area contributed by atoms with Crippen molar-refractivity contribution in [2.24, 2.45) is 0 Å². The van der Waals surface area contributed by atoms with Crippen LogP contribution in [-0.2, 0) is 9.53 Å². The van der Waals surface area contributed by atoms with E-state index in [-0.39, 0.29) is 24.0 Å². The molecule has 0 aromatic rings. The lowest BCUT2D eigenvalue weighted by Crippen LogP contribution is -2.40. The Morgan fingerprint density at radius 2 is 2.00 bits per heavy atom. The predicted molar refractivity (Wildman–Crippen MR) is 58.7 cm³/mol. The van der Waals surface area contributed by atoms with Crippen molar-refractivity contribution in [1.82, 2.24) is 5.32 Å². The van der Waals surface area contributed by atoms with Crippen LogP contribution < -0.4 is 5.32 Å². The molecule has 0 spiro atoms. The first-order valence-electron chi connectivity index (χ1n) is 4.92. The van der Waals surface area contributed by atoms with Gasteiger partial charge in [-0.25, -0.2) is 0 Å². The highest BCUT2D eigenvalue weighted by atomic mass is 35.5. The fourth-order valence-corrected chi connectivity index (χ4v) is 1.22. The van der Waals surface area contributed by atoms with Gasteiger partial charge in [0.2, 0.25) is 0 Å². The van der Waals surface area contributed by atoms with Crippen LogP contribution in [0.3, 0.4) is 0 Å². The topological polar surface area (TPSA) is 38.3 Å². The predicted octanol–water partition coefficient (Wildman–Crippen LogP) is 1.89. The number of carbonyl (C=O) groups is 1. The fraction of sp³-hybridized carbons (Fsp3) is 0.900. The van der Waals surface area contributed by atoms with E-state index in [0.717, 1.165) is 0 Å². The van der Waals surface area contributed by atoms with Gasteiger partial charge in [-0.15, -0.1) is 12.4 Å². The van der Waals surface area contributed by atoms with E-state index in [1.807, 2.05) is 20.8 Å². The first-order chi connectivity index (χ1) is 5.97. The summed E-state index contributed by atoms with van der Waals surface area (Å²) in [6.07, 6.45) is 3.68. The van der Waals surface area contributed by atoms with E-state index in [0.29, 0.717) is 12.6 Å². The number of hydrogen-bond donors (Lipinski definition) is 1. The molecule has 0 aliphatic heterocycles. The molecule has 84 valence electrons. The minimum absolute atomic E-state index is 0. The number of esters is 1. The van der Waals surface area contributed by atoms with E-state index in [1.54, 1.807) is 0 Å². The molecular weight excluding hydrogens is 202 g/mol. The second kappa shape index (κ2) is 5.56. The van der Waals surface area contributed by atoms with Gasteiger partial charge in [0.05, 0.1) is 6.54 Å². The molecule has 4 heteroatoms. The summed E-state index contributed by atoms with van der Waals surface area (Å²) >= 11 is 0. The van der Waals surface area contributed by atoms with Gasteiger partial charge < -0.3 is 10.1 Å². The molecule has 0 atom stereocenters. The van der Waals surface area contributed by atoms with Gasteiger partial charge in [-0.2, -0.15) is 0 Å². The lowest BCUT2D eigenvalue weighted by molar-refractivity contribution is -0.153. The molecule has 1 aliphatic carbocycles. The van der Waals surface area contributed by atoms with Gasteiger partial charge in [0.25, 0.3) is 0 Å². The van der Waals surface area contributed by atoms with Gasteiger partial charge in [0.15, 0.2) is 0 Å². The summed E-state index contributed by atoms with van der Waals surface area (Å²) in [6.45, 7) is 6.00. The van der Waals surface area contributed by atoms with Gasteiger partial charge in [0.1, 0.15) is 5.60 Å². The van der Waals surface area contributed by atoms with E-state index in [1.165, 1.54) is 19.3 Å². The monoisotopic (exact) mass is 221 g/mol. The first-order valence-corrected chi connectivity index (χ1v) is 4.92. The van der Waals surface area contributed by atoms with Crippen LogP contribution in [0.1, 0.15) is 40.0 Å². The molecule has 1 rings (SSSR count). The molecule has 0 aromatic heterocycles. The second-order valence-corrected chi connectivity index (χ2v) is 4.60. The van der Waals surface area contributed by atoms with Crippen LogP contribution in [0.4, 0.5) is 0 Å². The third-order valence-electron chi connectivity index (χ3n) is 2.06. The van der Waals surface area contributed by atoms with Crippen molar-refractivity contribution >= 4 is 18.4 Å². The number of carbonyl (C=O) groups excluding carboxylic acids is 1. The number of halogens is 1. The normalized spacial score (nSPS) is 16.8. The van der Waals surface area contributed by atoms with Gasteiger partial charge in [-0.05, 0) is 33.6 Å². The van der Waals surface area contributed by atoms with Gasteiger partial charge in [0, 0.05) is 6.04 Å². The highest BCUT2D eigenvalue weighted by molar-refractivity contribution is 5.85. The zero-order chi connectivity index (χ0) is 9.90. The van der Waals surface area contributed by atoms with E-state index >= 15 is 0 Å². The summed E-state index contributed by atoms with van der Waals surface area (Å²) in [5.41, 5.74) is -0.363. The van der Waals surface area contributed by atoms with Crippen LogP contribution in [-0.4, -0.2) is 24.2 Å². The Kier molecular flexibility index (Phi) is 5.45. The van der Waals surface area contributed by atoms with E-state index in [2.05, 4.69) is 5.32 Å². The van der Waals surface area contributed by atoms with E-state index < -0.39 is 0 Å².